The molecule has 0 rings (SSSR count). The Hall–Kier alpha value is -1.10. The third-order valence-electron chi connectivity index (χ3n) is 2.59. The Morgan fingerprint density at radius 2 is 1.65 bits per heavy atom. The normalized spacial score (nSPS) is 12.2. The molecule has 1 unspecified atom stereocenters. The molecule has 0 saturated carbocycles. The molecule has 0 heterocycles. The molecule has 5 nitrogen and oxygen atoms in total. The molecule has 0 aliphatic heterocycles. The van der Waals surface area contributed by atoms with Crippen molar-refractivity contribution in [2.75, 3.05) is 13.1 Å². The molecule has 3 N–H and O–H groups in total. The van der Waals surface area contributed by atoms with Crippen LogP contribution in [-0.2, 0) is 9.59 Å². The van der Waals surface area contributed by atoms with Gasteiger partial charge in [-0.15, -0.1) is 0 Å². The second-order valence-corrected chi connectivity index (χ2v) is 4.24. The molecule has 17 heavy (non-hydrogen) atoms. The Bertz CT molecular complexity index is 236. The summed E-state index contributed by atoms with van der Waals surface area (Å²) in [4.78, 5) is 24.1. The van der Waals surface area contributed by atoms with E-state index in [4.69, 9.17) is 10.8 Å². The lowest BCUT2D eigenvalue weighted by Crippen LogP contribution is -2.45. The van der Waals surface area contributed by atoms with Crippen LogP contribution in [0.25, 0.3) is 0 Å². The molecular weight excluding hydrogens is 220 g/mol. The Morgan fingerprint density at radius 1 is 1.18 bits per heavy atom. The first-order valence-corrected chi connectivity index (χ1v) is 6.29. The van der Waals surface area contributed by atoms with Gasteiger partial charge >= 0.3 is 5.97 Å². The fourth-order valence-electron chi connectivity index (χ4n) is 1.54. The van der Waals surface area contributed by atoms with Crippen LogP contribution < -0.4 is 5.73 Å². The zero-order chi connectivity index (χ0) is 13.3. The van der Waals surface area contributed by atoms with E-state index in [9.17, 15) is 9.59 Å². The van der Waals surface area contributed by atoms with Gasteiger partial charge in [-0.3, -0.25) is 9.59 Å². The molecule has 0 radical (unpaired) electrons. The van der Waals surface area contributed by atoms with Crippen LogP contribution >= 0.6 is 0 Å². The molecule has 0 aromatic carbocycles. The molecule has 0 aliphatic carbocycles. The zero-order valence-electron chi connectivity index (χ0n) is 10.8. The maximum Gasteiger partial charge on any atom is 0.305 e. The zero-order valence-corrected chi connectivity index (χ0v) is 10.8. The predicted molar refractivity (Wildman–Crippen MR) is 66.6 cm³/mol. The van der Waals surface area contributed by atoms with E-state index in [1.54, 1.807) is 4.90 Å². The lowest BCUT2D eigenvalue weighted by molar-refractivity contribution is -0.142. The van der Waals surface area contributed by atoms with Crippen molar-refractivity contribution in [3.8, 4) is 0 Å². The first kappa shape index (κ1) is 15.9. The third kappa shape index (κ3) is 6.94. The van der Waals surface area contributed by atoms with Crippen molar-refractivity contribution in [3.05, 3.63) is 0 Å². The van der Waals surface area contributed by atoms with Crippen molar-refractivity contribution >= 4 is 11.9 Å². The monoisotopic (exact) mass is 244 g/mol. The number of aliphatic carboxylic acids is 1. The fraction of sp³-hybridized carbons (Fsp3) is 0.833. The number of unbranched alkanes of at least 4 members (excludes halogenated alkanes) is 2. The fourth-order valence-corrected chi connectivity index (χ4v) is 1.54. The van der Waals surface area contributed by atoms with E-state index < -0.39 is 12.0 Å². The van der Waals surface area contributed by atoms with Crippen molar-refractivity contribution < 1.29 is 14.7 Å². The number of carbonyl (C=O) groups is 2. The van der Waals surface area contributed by atoms with Gasteiger partial charge in [-0.1, -0.05) is 26.7 Å². The highest BCUT2D eigenvalue weighted by atomic mass is 16.4. The largest absolute Gasteiger partial charge is 0.481 e. The summed E-state index contributed by atoms with van der Waals surface area (Å²) in [6.07, 6.45) is 3.56. The van der Waals surface area contributed by atoms with E-state index in [2.05, 4.69) is 13.8 Å². The second-order valence-electron chi connectivity index (χ2n) is 4.24. The molecule has 5 heteroatoms. The van der Waals surface area contributed by atoms with Gasteiger partial charge in [0.25, 0.3) is 0 Å². The molecule has 100 valence electrons. The number of amides is 1. The Labute approximate surface area is 103 Å². The summed E-state index contributed by atoms with van der Waals surface area (Å²) in [6, 6.07) is -0.916. The first-order valence-electron chi connectivity index (χ1n) is 6.29. The van der Waals surface area contributed by atoms with E-state index >= 15 is 0 Å². The summed E-state index contributed by atoms with van der Waals surface area (Å²) in [5, 5.41) is 8.62. The van der Waals surface area contributed by atoms with Gasteiger partial charge in [0.2, 0.25) is 5.91 Å². The van der Waals surface area contributed by atoms with E-state index in [0.717, 1.165) is 25.7 Å². The van der Waals surface area contributed by atoms with Crippen LogP contribution in [0.4, 0.5) is 0 Å². The number of hydrogen-bond acceptors (Lipinski definition) is 3. The molecular formula is C12H24N2O3. The molecule has 0 spiro atoms. The van der Waals surface area contributed by atoms with Crippen LogP contribution in [-0.4, -0.2) is 41.0 Å². The van der Waals surface area contributed by atoms with Crippen LogP contribution in [0, 0.1) is 0 Å². The average molecular weight is 244 g/mol. The second kappa shape index (κ2) is 8.98. The van der Waals surface area contributed by atoms with Gasteiger partial charge in [-0.05, 0) is 12.8 Å². The van der Waals surface area contributed by atoms with Gasteiger partial charge in [0.05, 0.1) is 12.5 Å². The molecule has 1 amide bonds. The third-order valence-corrected chi connectivity index (χ3v) is 2.59. The summed E-state index contributed by atoms with van der Waals surface area (Å²) >= 11 is 0. The minimum Gasteiger partial charge on any atom is -0.481 e. The van der Waals surface area contributed by atoms with E-state index in [0.29, 0.717) is 13.1 Å². The molecule has 1 atom stereocenters. The highest BCUT2D eigenvalue weighted by Gasteiger charge is 2.22. The van der Waals surface area contributed by atoms with Gasteiger partial charge < -0.3 is 15.7 Å². The smallest absolute Gasteiger partial charge is 0.305 e. The standard InChI is InChI=1S/C12H24N2O3/c1-3-5-7-14(8-6-4-2)12(17)10(13)9-11(15)16/h10H,3-9,13H2,1-2H3,(H,15,16). The molecule has 0 fully saturated rings. The number of carbonyl (C=O) groups excluding carboxylic acids is 1. The van der Waals surface area contributed by atoms with Gasteiger partial charge in [-0.25, -0.2) is 0 Å². The van der Waals surface area contributed by atoms with Gasteiger partial charge in [-0.2, -0.15) is 0 Å². The number of carboxylic acids is 1. The molecule has 0 aromatic rings. The number of nitrogens with zero attached hydrogens (tertiary/aromatic N) is 1. The van der Waals surface area contributed by atoms with Crippen molar-refractivity contribution in [1.29, 1.82) is 0 Å². The SMILES string of the molecule is CCCCN(CCCC)C(=O)C(N)CC(=O)O. The number of rotatable bonds is 9. The summed E-state index contributed by atoms with van der Waals surface area (Å²) < 4.78 is 0. The molecule has 0 aromatic heterocycles. The number of nitrogens with two attached hydrogens (primary N) is 1. The average Bonchev–Trinajstić information content (AvgIpc) is 2.27. The quantitative estimate of drug-likeness (QED) is 0.638. The van der Waals surface area contributed by atoms with Crippen molar-refractivity contribution in [2.24, 2.45) is 5.73 Å². The first-order chi connectivity index (χ1) is 8.02. The van der Waals surface area contributed by atoms with Crippen LogP contribution in [0.3, 0.4) is 0 Å². The Morgan fingerprint density at radius 3 is 2.00 bits per heavy atom. The summed E-state index contributed by atoms with van der Waals surface area (Å²) in [5.74, 6) is -1.27. The van der Waals surface area contributed by atoms with Crippen LogP contribution in [0.5, 0.6) is 0 Å². The van der Waals surface area contributed by atoms with Gasteiger partial charge in [0, 0.05) is 13.1 Å². The minimum atomic E-state index is -1.03. The molecule has 0 saturated heterocycles. The van der Waals surface area contributed by atoms with Crippen molar-refractivity contribution in [2.45, 2.75) is 52.0 Å². The summed E-state index contributed by atoms with van der Waals surface area (Å²) in [6.45, 7) is 5.45. The van der Waals surface area contributed by atoms with Crippen LogP contribution in [0.2, 0.25) is 0 Å². The van der Waals surface area contributed by atoms with E-state index in [-0.39, 0.29) is 12.3 Å². The minimum absolute atomic E-state index is 0.241. The molecule has 0 bridgehead atoms. The summed E-state index contributed by atoms with van der Waals surface area (Å²) in [7, 11) is 0. The van der Waals surface area contributed by atoms with Crippen molar-refractivity contribution in [3.63, 3.8) is 0 Å². The maximum absolute atomic E-state index is 11.9. The maximum atomic E-state index is 11.9. The van der Waals surface area contributed by atoms with E-state index in [1.165, 1.54) is 0 Å². The number of hydrogen-bond donors (Lipinski definition) is 2. The topological polar surface area (TPSA) is 83.6 Å². The highest BCUT2D eigenvalue weighted by Crippen LogP contribution is 2.03. The van der Waals surface area contributed by atoms with Crippen molar-refractivity contribution in [1.82, 2.24) is 4.90 Å². The Balaban J connectivity index is 4.32. The van der Waals surface area contributed by atoms with Crippen LogP contribution in [0.15, 0.2) is 0 Å². The lowest BCUT2D eigenvalue weighted by atomic mass is 10.1. The Kier molecular flexibility index (Phi) is 8.40. The molecule has 0 aliphatic rings. The van der Waals surface area contributed by atoms with E-state index in [1.807, 2.05) is 0 Å². The van der Waals surface area contributed by atoms with Crippen LogP contribution in [0.1, 0.15) is 46.0 Å². The predicted octanol–water partition coefficient (Wildman–Crippen LogP) is 1.22. The lowest BCUT2D eigenvalue weighted by Gasteiger charge is -2.25. The highest BCUT2D eigenvalue weighted by molar-refractivity contribution is 5.85. The van der Waals surface area contributed by atoms with Gasteiger partial charge in [0.1, 0.15) is 0 Å². The van der Waals surface area contributed by atoms with Gasteiger partial charge in [0.15, 0.2) is 0 Å². The number of carboxylic acid groups (broad SMARTS) is 1. The summed E-state index contributed by atoms with van der Waals surface area (Å²) in [5.41, 5.74) is 5.59.